The molecule has 2 atom stereocenters. The number of amides is 2. The van der Waals surface area contributed by atoms with Crippen LogP contribution >= 0.6 is 11.6 Å². The van der Waals surface area contributed by atoms with Gasteiger partial charge in [0, 0.05) is 18.0 Å². The van der Waals surface area contributed by atoms with Crippen LogP contribution in [0.25, 0.3) is 0 Å². The largest absolute Gasteiger partial charge is 0.477 e. The summed E-state index contributed by atoms with van der Waals surface area (Å²) in [5.74, 6) is -1.98. The van der Waals surface area contributed by atoms with Crippen molar-refractivity contribution in [2.24, 2.45) is 4.99 Å². The molecule has 0 spiro atoms. The number of esters is 1. The first-order valence-corrected chi connectivity index (χ1v) is 13.3. The van der Waals surface area contributed by atoms with Gasteiger partial charge < -0.3 is 24.8 Å². The van der Waals surface area contributed by atoms with Crippen LogP contribution in [0, 0.1) is 0 Å². The molecule has 10 nitrogen and oxygen atoms in total. The predicted molar refractivity (Wildman–Crippen MR) is 149 cm³/mol. The van der Waals surface area contributed by atoms with Crippen molar-refractivity contribution in [3.05, 3.63) is 70.7 Å². The van der Waals surface area contributed by atoms with Crippen molar-refractivity contribution >= 4 is 41.3 Å². The Balaban J connectivity index is 1.60. The van der Waals surface area contributed by atoms with Gasteiger partial charge in [-0.15, -0.1) is 0 Å². The molecular formula is C29H34ClN3O7. The third kappa shape index (κ3) is 10.3. The number of nitrogens with zero attached hydrogens (tertiary/aromatic N) is 1. The van der Waals surface area contributed by atoms with Gasteiger partial charge in [-0.25, -0.2) is 14.6 Å². The van der Waals surface area contributed by atoms with Crippen LogP contribution in [0.15, 0.2) is 59.6 Å². The van der Waals surface area contributed by atoms with Crippen molar-refractivity contribution < 1.29 is 33.4 Å². The molecule has 0 fully saturated rings. The number of aliphatic imine (C=N–C) groups is 1. The van der Waals surface area contributed by atoms with Gasteiger partial charge in [0.1, 0.15) is 24.9 Å². The van der Waals surface area contributed by atoms with Gasteiger partial charge in [0.15, 0.2) is 6.04 Å². The van der Waals surface area contributed by atoms with Gasteiger partial charge >= 0.3 is 12.1 Å². The monoisotopic (exact) mass is 571 g/mol. The van der Waals surface area contributed by atoms with E-state index in [0.29, 0.717) is 18.0 Å². The fourth-order valence-electron chi connectivity index (χ4n) is 3.69. The second-order valence-electron chi connectivity index (χ2n) is 10.2. The van der Waals surface area contributed by atoms with Gasteiger partial charge in [0.25, 0.3) is 0 Å². The molecule has 2 aromatic carbocycles. The second-order valence-corrected chi connectivity index (χ2v) is 10.6. The molecule has 0 radical (unpaired) electrons. The maximum absolute atomic E-state index is 12.7. The Bertz CT molecular complexity index is 1210. The zero-order valence-electron chi connectivity index (χ0n) is 22.8. The molecule has 0 aliphatic carbocycles. The molecule has 2 N–H and O–H groups in total. The highest BCUT2D eigenvalue weighted by Crippen LogP contribution is 2.15. The van der Waals surface area contributed by atoms with E-state index in [2.05, 4.69) is 15.6 Å². The summed E-state index contributed by atoms with van der Waals surface area (Å²) in [6.07, 6.45) is -0.404. The van der Waals surface area contributed by atoms with Gasteiger partial charge in [-0.3, -0.25) is 9.59 Å². The minimum Gasteiger partial charge on any atom is -0.477 e. The lowest BCUT2D eigenvalue weighted by molar-refractivity contribution is -0.162. The van der Waals surface area contributed by atoms with Crippen LogP contribution in [0.2, 0.25) is 5.02 Å². The van der Waals surface area contributed by atoms with E-state index in [-0.39, 0.29) is 37.9 Å². The van der Waals surface area contributed by atoms with E-state index in [1.165, 1.54) is 0 Å². The zero-order chi connectivity index (χ0) is 29.1. The SMILES string of the molecule is CC(C)(C)OC(=O)C(=O)CCC(NC(=O)OCc1ccccc1)C1=NC(C(=O)NCCc2ccc(Cl)cc2)CO1. The fourth-order valence-corrected chi connectivity index (χ4v) is 3.82. The number of nitrogens with one attached hydrogen (secondary N) is 2. The smallest absolute Gasteiger partial charge is 0.408 e. The highest BCUT2D eigenvalue weighted by atomic mass is 35.5. The molecule has 0 aromatic heterocycles. The molecule has 0 bridgehead atoms. The Kier molecular flexibility index (Phi) is 11.1. The van der Waals surface area contributed by atoms with Crippen molar-refractivity contribution in [2.75, 3.05) is 13.2 Å². The maximum atomic E-state index is 12.7. The van der Waals surface area contributed by atoms with Crippen molar-refractivity contribution in [2.45, 2.75) is 64.3 Å². The number of ether oxygens (including phenoxy) is 3. The number of halogens is 1. The molecule has 11 heteroatoms. The molecular weight excluding hydrogens is 538 g/mol. The number of hydrogen-bond donors (Lipinski definition) is 2. The third-order valence-corrected chi connectivity index (χ3v) is 5.94. The third-order valence-electron chi connectivity index (χ3n) is 5.69. The van der Waals surface area contributed by atoms with Crippen LogP contribution in [0.5, 0.6) is 0 Å². The minimum atomic E-state index is -0.967. The Labute approximate surface area is 238 Å². The van der Waals surface area contributed by atoms with Crippen molar-refractivity contribution in [1.29, 1.82) is 0 Å². The van der Waals surface area contributed by atoms with Gasteiger partial charge in [0.2, 0.25) is 17.6 Å². The average molecular weight is 572 g/mol. The van der Waals surface area contributed by atoms with E-state index < -0.39 is 35.5 Å². The molecule has 2 unspecified atom stereocenters. The molecule has 40 heavy (non-hydrogen) atoms. The number of benzene rings is 2. The van der Waals surface area contributed by atoms with Crippen molar-refractivity contribution in [1.82, 2.24) is 10.6 Å². The Morgan fingerprint density at radius 3 is 2.42 bits per heavy atom. The van der Waals surface area contributed by atoms with Gasteiger partial charge in [-0.05, 0) is 56.9 Å². The number of ketones is 1. The van der Waals surface area contributed by atoms with Crippen LogP contribution in [-0.4, -0.2) is 60.5 Å². The van der Waals surface area contributed by atoms with E-state index in [9.17, 15) is 19.2 Å². The first-order chi connectivity index (χ1) is 19.0. The van der Waals surface area contributed by atoms with Crippen molar-refractivity contribution in [3.63, 3.8) is 0 Å². The highest BCUT2D eigenvalue weighted by molar-refractivity contribution is 6.33. The summed E-state index contributed by atoms with van der Waals surface area (Å²) in [5.41, 5.74) is 0.988. The molecule has 3 rings (SSSR count). The molecule has 2 aromatic rings. The zero-order valence-corrected chi connectivity index (χ0v) is 23.5. The van der Waals surface area contributed by atoms with Crippen LogP contribution in [0.4, 0.5) is 4.79 Å². The molecule has 1 aliphatic heterocycles. The Morgan fingerprint density at radius 1 is 1.05 bits per heavy atom. The Morgan fingerprint density at radius 2 is 1.75 bits per heavy atom. The lowest BCUT2D eigenvalue weighted by Gasteiger charge is -2.20. The number of hydrogen-bond acceptors (Lipinski definition) is 8. The summed E-state index contributed by atoms with van der Waals surface area (Å²) in [7, 11) is 0. The molecule has 214 valence electrons. The van der Waals surface area contributed by atoms with Crippen LogP contribution in [0.3, 0.4) is 0 Å². The van der Waals surface area contributed by atoms with Crippen LogP contribution in [-0.2, 0) is 41.6 Å². The second kappa shape index (κ2) is 14.5. The summed E-state index contributed by atoms with van der Waals surface area (Å²) < 4.78 is 16.1. The minimum absolute atomic E-state index is 0.0117. The summed E-state index contributed by atoms with van der Waals surface area (Å²) in [5, 5.41) is 6.10. The molecule has 1 aliphatic rings. The number of carbonyl (C=O) groups excluding carboxylic acids is 4. The predicted octanol–water partition coefficient (Wildman–Crippen LogP) is 3.78. The first-order valence-electron chi connectivity index (χ1n) is 13.0. The summed E-state index contributed by atoms with van der Waals surface area (Å²) in [4.78, 5) is 54.1. The highest BCUT2D eigenvalue weighted by Gasteiger charge is 2.32. The molecule has 1 heterocycles. The number of alkyl carbamates (subject to hydrolysis) is 1. The van der Waals surface area contributed by atoms with Gasteiger partial charge in [0.05, 0.1) is 0 Å². The normalized spacial score (nSPS) is 15.3. The summed E-state index contributed by atoms with van der Waals surface area (Å²) >= 11 is 5.90. The number of Topliss-reactive ketones (excluding diaryl/α,β-unsaturated/α-hetero) is 1. The van der Waals surface area contributed by atoms with Crippen LogP contribution in [0.1, 0.15) is 44.7 Å². The molecule has 0 saturated carbocycles. The first kappa shape index (κ1) is 30.6. The van der Waals surface area contributed by atoms with E-state index in [4.69, 9.17) is 25.8 Å². The van der Waals surface area contributed by atoms with Crippen molar-refractivity contribution in [3.8, 4) is 0 Å². The topological polar surface area (TPSA) is 132 Å². The molecule has 2 amide bonds. The summed E-state index contributed by atoms with van der Waals surface area (Å²) in [6, 6.07) is 14.7. The Hall–Kier alpha value is -3.92. The number of carbonyl (C=O) groups is 4. The van der Waals surface area contributed by atoms with E-state index >= 15 is 0 Å². The quantitative estimate of drug-likeness (QED) is 0.292. The van der Waals surface area contributed by atoms with Gasteiger partial charge in [-0.1, -0.05) is 54.1 Å². The van der Waals surface area contributed by atoms with E-state index in [1.807, 2.05) is 42.5 Å². The summed E-state index contributed by atoms with van der Waals surface area (Å²) in [6.45, 7) is 5.37. The van der Waals surface area contributed by atoms with Crippen LogP contribution < -0.4 is 10.6 Å². The lowest BCUT2D eigenvalue weighted by atomic mass is 10.1. The lowest BCUT2D eigenvalue weighted by Crippen LogP contribution is -2.42. The van der Waals surface area contributed by atoms with E-state index in [0.717, 1.165) is 11.1 Å². The van der Waals surface area contributed by atoms with Gasteiger partial charge in [-0.2, -0.15) is 0 Å². The molecule has 0 saturated heterocycles. The number of rotatable bonds is 12. The average Bonchev–Trinajstić information content (AvgIpc) is 3.41. The maximum Gasteiger partial charge on any atom is 0.408 e. The van der Waals surface area contributed by atoms with E-state index in [1.54, 1.807) is 32.9 Å². The fraction of sp³-hybridized carbons (Fsp3) is 0.414. The standard InChI is InChI=1S/C29H34ClN3O7/c1-29(2,3)40-27(36)24(34)14-13-22(33-28(37)39-17-20-7-5-4-6-8-20)26-32-23(18-38-26)25(35)31-16-15-19-9-11-21(30)12-10-19/h4-12,22-23H,13-18H2,1-3H3,(H,31,35)(H,33,37).